The second kappa shape index (κ2) is 9.14. The van der Waals surface area contributed by atoms with Gasteiger partial charge in [-0.25, -0.2) is 13.8 Å². The maximum atomic E-state index is 14.6. The number of nitrogens with zero attached hydrogens (tertiary/aromatic N) is 4. The Hall–Kier alpha value is -3.54. The Bertz CT molecular complexity index is 1350. The van der Waals surface area contributed by atoms with Crippen molar-refractivity contribution in [3.63, 3.8) is 0 Å². The zero-order chi connectivity index (χ0) is 22.2. The average molecular weight is 467 g/mol. The maximum absolute atomic E-state index is 14.6. The van der Waals surface area contributed by atoms with E-state index in [-0.39, 0.29) is 29.2 Å². The van der Waals surface area contributed by atoms with Crippen molar-refractivity contribution < 1.29 is 8.78 Å². The quantitative estimate of drug-likeness (QED) is 0.462. The van der Waals surface area contributed by atoms with Crippen LogP contribution >= 0.6 is 12.4 Å². The molecule has 1 aliphatic rings. The zero-order valence-corrected chi connectivity index (χ0v) is 18.6. The summed E-state index contributed by atoms with van der Waals surface area (Å²) in [5.41, 5.74) is 3.77. The Morgan fingerprint density at radius 2 is 1.79 bits per heavy atom. The third-order valence-electron chi connectivity index (χ3n) is 5.82. The number of benzene rings is 2. The molecule has 0 atom stereocenters. The summed E-state index contributed by atoms with van der Waals surface area (Å²) in [6, 6.07) is 13.3. The van der Waals surface area contributed by atoms with Crippen LogP contribution in [0.15, 0.2) is 42.5 Å². The fourth-order valence-corrected chi connectivity index (χ4v) is 4.24. The maximum Gasteiger partial charge on any atom is 0.182 e. The number of pyridine rings is 1. The van der Waals surface area contributed by atoms with Crippen molar-refractivity contribution in [1.82, 2.24) is 20.5 Å². The fourth-order valence-electron chi connectivity index (χ4n) is 4.24. The molecular formula is C24H21ClF2N6. The molecule has 0 saturated carbocycles. The molecule has 0 radical (unpaired) electrons. The fraction of sp³-hybridized carbons (Fsp3) is 0.208. The Kier molecular flexibility index (Phi) is 6.27. The first kappa shape index (κ1) is 22.6. The van der Waals surface area contributed by atoms with Gasteiger partial charge < -0.3 is 10.2 Å². The van der Waals surface area contributed by atoms with Crippen molar-refractivity contribution >= 4 is 29.1 Å². The van der Waals surface area contributed by atoms with Crippen LogP contribution in [0.2, 0.25) is 0 Å². The number of nitrogens with one attached hydrogen (secondary N) is 2. The summed E-state index contributed by atoms with van der Waals surface area (Å²) in [4.78, 5) is 6.73. The van der Waals surface area contributed by atoms with Crippen molar-refractivity contribution in [2.75, 3.05) is 31.1 Å². The highest BCUT2D eigenvalue weighted by Crippen LogP contribution is 2.38. The standard InChI is InChI=1S/C24H20F2N6.ClH/c1-14-21-22(15-2-5-17(6-3-15)32-10-8-28-9-11-32)19(13-27)23(29-24(21)31-30-14)18-12-16(25)4-7-20(18)26;/h2-7,12,28H,8-11H2,1H3,(H,29,30,31);1H. The number of aryl methyl sites for hydroxylation is 1. The molecule has 168 valence electrons. The van der Waals surface area contributed by atoms with Gasteiger partial charge in [0.15, 0.2) is 5.65 Å². The summed E-state index contributed by atoms with van der Waals surface area (Å²) in [7, 11) is 0. The monoisotopic (exact) mass is 466 g/mol. The second-order valence-electron chi connectivity index (χ2n) is 7.78. The lowest BCUT2D eigenvalue weighted by Crippen LogP contribution is -2.43. The van der Waals surface area contributed by atoms with Crippen LogP contribution in [-0.2, 0) is 0 Å². The number of aromatic nitrogens is 3. The molecule has 6 nitrogen and oxygen atoms in total. The first-order valence-electron chi connectivity index (χ1n) is 10.4. The highest BCUT2D eigenvalue weighted by Gasteiger charge is 2.23. The van der Waals surface area contributed by atoms with E-state index < -0.39 is 11.6 Å². The molecular weight excluding hydrogens is 446 g/mol. The first-order valence-corrected chi connectivity index (χ1v) is 10.4. The van der Waals surface area contributed by atoms with Crippen LogP contribution in [0.3, 0.4) is 0 Å². The molecule has 0 aliphatic carbocycles. The number of nitriles is 1. The lowest BCUT2D eigenvalue weighted by Gasteiger charge is -2.29. The third kappa shape index (κ3) is 4.01. The largest absolute Gasteiger partial charge is 0.369 e. The molecule has 2 N–H and O–H groups in total. The number of fused-ring (bicyclic) bond motifs is 1. The Balaban J connectivity index is 0.00000259. The molecule has 0 spiro atoms. The summed E-state index contributed by atoms with van der Waals surface area (Å²) in [6.07, 6.45) is 0. The van der Waals surface area contributed by atoms with Gasteiger partial charge in [-0.1, -0.05) is 12.1 Å². The molecule has 0 bridgehead atoms. The molecule has 4 aromatic rings. The normalized spacial score (nSPS) is 13.6. The van der Waals surface area contributed by atoms with Crippen LogP contribution in [-0.4, -0.2) is 41.4 Å². The van der Waals surface area contributed by atoms with Crippen molar-refractivity contribution in [3.05, 3.63) is 65.4 Å². The van der Waals surface area contributed by atoms with Crippen molar-refractivity contribution in [2.45, 2.75) is 6.92 Å². The topological polar surface area (TPSA) is 80.6 Å². The third-order valence-corrected chi connectivity index (χ3v) is 5.82. The van der Waals surface area contributed by atoms with Gasteiger partial charge in [-0.3, -0.25) is 5.10 Å². The number of anilines is 1. The number of aromatic amines is 1. The van der Waals surface area contributed by atoms with E-state index in [2.05, 4.69) is 31.5 Å². The number of rotatable bonds is 3. The van der Waals surface area contributed by atoms with Gasteiger partial charge in [0.2, 0.25) is 0 Å². The molecule has 2 aromatic carbocycles. The molecule has 9 heteroatoms. The van der Waals surface area contributed by atoms with Gasteiger partial charge in [0.05, 0.1) is 16.6 Å². The highest BCUT2D eigenvalue weighted by atomic mass is 35.5. The van der Waals surface area contributed by atoms with Gasteiger partial charge >= 0.3 is 0 Å². The van der Waals surface area contributed by atoms with E-state index in [1.165, 1.54) is 0 Å². The van der Waals surface area contributed by atoms with E-state index in [1.54, 1.807) is 0 Å². The first-order chi connectivity index (χ1) is 15.6. The number of piperazine rings is 1. The number of hydrogen-bond acceptors (Lipinski definition) is 5. The van der Waals surface area contributed by atoms with Gasteiger partial charge in [-0.2, -0.15) is 10.4 Å². The number of H-pyrrole nitrogens is 1. The van der Waals surface area contributed by atoms with Crippen molar-refractivity contribution in [1.29, 1.82) is 5.26 Å². The molecule has 0 unspecified atom stereocenters. The van der Waals surface area contributed by atoms with E-state index >= 15 is 0 Å². The smallest absolute Gasteiger partial charge is 0.182 e. The summed E-state index contributed by atoms with van der Waals surface area (Å²) >= 11 is 0. The molecule has 5 rings (SSSR count). The lowest BCUT2D eigenvalue weighted by atomic mass is 9.93. The van der Waals surface area contributed by atoms with Crippen LogP contribution in [0.25, 0.3) is 33.4 Å². The molecule has 3 heterocycles. The second-order valence-corrected chi connectivity index (χ2v) is 7.78. The highest BCUT2D eigenvalue weighted by molar-refractivity contribution is 6.00. The molecule has 33 heavy (non-hydrogen) atoms. The zero-order valence-electron chi connectivity index (χ0n) is 17.8. The molecule has 1 fully saturated rings. The van der Waals surface area contributed by atoms with Gasteiger partial charge in [0.1, 0.15) is 17.7 Å². The Morgan fingerprint density at radius 1 is 1.06 bits per heavy atom. The van der Waals surface area contributed by atoms with Crippen LogP contribution in [0.1, 0.15) is 11.3 Å². The summed E-state index contributed by atoms with van der Waals surface area (Å²) in [5, 5.41) is 21.2. The van der Waals surface area contributed by atoms with Crippen LogP contribution < -0.4 is 10.2 Å². The number of hydrogen-bond donors (Lipinski definition) is 2. The molecule has 0 amide bonds. The molecule has 1 aliphatic heterocycles. The van der Waals surface area contributed by atoms with Crippen LogP contribution in [0, 0.1) is 29.9 Å². The molecule has 1 saturated heterocycles. The predicted molar refractivity (Wildman–Crippen MR) is 126 cm³/mol. The average Bonchev–Trinajstić information content (AvgIpc) is 3.20. The SMILES string of the molecule is Cc1[nH]nc2nc(-c3cc(F)ccc3F)c(C#N)c(-c3ccc(N4CCNCC4)cc3)c12.Cl. The molecule has 2 aromatic heterocycles. The lowest BCUT2D eigenvalue weighted by molar-refractivity contribution is 0.589. The minimum atomic E-state index is -0.651. The van der Waals surface area contributed by atoms with Gasteiger partial charge in [0, 0.05) is 48.7 Å². The van der Waals surface area contributed by atoms with Gasteiger partial charge in [-0.05, 0) is 42.8 Å². The van der Waals surface area contributed by atoms with Crippen LogP contribution in [0.4, 0.5) is 14.5 Å². The summed E-state index contributed by atoms with van der Waals surface area (Å²) < 4.78 is 28.5. The summed E-state index contributed by atoms with van der Waals surface area (Å²) in [5.74, 6) is -1.26. The van der Waals surface area contributed by atoms with Crippen LogP contribution in [0.5, 0.6) is 0 Å². The van der Waals surface area contributed by atoms with E-state index in [0.29, 0.717) is 16.6 Å². The minimum Gasteiger partial charge on any atom is -0.369 e. The van der Waals surface area contributed by atoms with E-state index in [4.69, 9.17) is 0 Å². The predicted octanol–water partition coefficient (Wildman–Crippen LogP) is 4.58. The van der Waals surface area contributed by atoms with Gasteiger partial charge in [-0.15, -0.1) is 12.4 Å². The Labute approximate surface area is 195 Å². The van der Waals surface area contributed by atoms with Gasteiger partial charge in [0.25, 0.3) is 0 Å². The van der Waals surface area contributed by atoms with E-state index in [9.17, 15) is 14.0 Å². The van der Waals surface area contributed by atoms with Crippen molar-refractivity contribution in [3.8, 4) is 28.5 Å². The minimum absolute atomic E-state index is 0. The van der Waals surface area contributed by atoms with E-state index in [1.807, 2.05) is 31.2 Å². The van der Waals surface area contributed by atoms with Crippen molar-refractivity contribution in [2.24, 2.45) is 0 Å². The summed E-state index contributed by atoms with van der Waals surface area (Å²) in [6.45, 7) is 5.56. The number of halogens is 3. The van der Waals surface area contributed by atoms with E-state index in [0.717, 1.165) is 61.3 Å². The Morgan fingerprint density at radius 3 is 2.48 bits per heavy atom.